The highest BCUT2D eigenvalue weighted by Crippen LogP contribution is 2.33. The first-order valence-corrected chi connectivity index (χ1v) is 8.76. The summed E-state index contributed by atoms with van der Waals surface area (Å²) >= 11 is 0. The van der Waals surface area contributed by atoms with Crippen molar-refractivity contribution in [3.05, 3.63) is 42.4 Å². The van der Waals surface area contributed by atoms with Crippen LogP contribution in [0.1, 0.15) is 18.9 Å². The Hall–Kier alpha value is -2.78. The topological polar surface area (TPSA) is 79.2 Å². The van der Waals surface area contributed by atoms with Gasteiger partial charge in [-0.25, -0.2) is 4.98 Å². The molecule has 0 saturated carbocycles. The van der Waals surface area contributed by atoms with Crippen molar-refractivity contribution in [1.29, 1.82) is 0 Å². The summed E-state index contributed by atoms with van der Waals surface area (Å²) in [4.78, 5) is 8.21. The monoisotopic (exact) mass is 383 g/mol. The second-order valence-electron chi connectivity index (χ2n) is 5.63. The standard InChI is InChI=1S/C17H24F3N7/c1-2-21-16(24-8-4-12-27-13-5-9-26-27)25-11-10-23-15-14(17(18,19)20)6-3-7-22-15/h3,5-7,9,13H,2,4,8,10-12H2,1H3,(H,22,23)(H2,21,24,25). The van der Waals surface area contributed by atoms with Crippen molar-refractivity contribution in [2.75, 3.05) is 31.5 Å². The van der Waals surface area contributed by atoms with Gasteiger partial charge in [-0.15, -0.1) is 0 Å². The Bertz CT molecular complexity index is 699. The molecule has 0 aliphatic heterocycles. The number of aromatic nitrogens is 3. The number of aryl methyl sites for hydroxylation is 1. The van der Waals surface area contributed by atoms with Crippen LogP contribution in [0.2, 0.25) is 0 Å². The van der Waals surface area contributed by atoms with Crippen molar-refractivity contribution in [2.24, 2.45) is 4.99 Å². The number of anilines is 1. The summed E-state index contributed by atoms with van der Waals surface area (Å²) in [6.07, 6.45) is 1.35. The molecule has 0 aromatic carbocycles. The summed E-state index contributed by atoms with van der Waals surface area (Å²) in [6, 6.07) is 4.15. The number of pyridine rings is 1. The second kappa shape index (κ2) is 10.4. The molecule has 0 unspecified atom stereocenters. The molecule has 0 fully saturated rings. The average Bonchev–Trinajstić information content (AvgIpc) is 3.15. The average molecular weight is 383 g/mol. The first kappa shape index (κ1) is 20.5. The molecule has 2 rings (SSSR count). The van der Waals surface area contributed by atoms with Crippen molar-refractivity contribution in [3.8, 4) is 0 Å². The van der Waals surface area contributed by atoms with E-state index in [1.807, 2.05) is 23.9 Å². The summed E-state index contributed by atoms with van der Waals surface area (Å²) in [5, 5.41) is 13.0. The largest absolute Gasteiger partial charge is 0.419 e. The minimum atomic E-state index is -4.44. The molecule has 0 radical (unpaired) electrons. The quantitative estimate of drug-likeness (QED) is 0.352. The van der Waals surface area contributed by atoms with Crippen LogP contribution in [0, 0.1) is 0 Å². The maximum Gasteiger partial charge on any atom is 0.419 e. The van der Waals surface area contributed by atoms with Crippen LogP contribution in [-0.2, 0) is 12.7 Å². The van der Waals surface area contributed by atoms with Gasteiger partial charge in [-0.3, -0.25) is 9.67 Å². The molecule has 0 saturated heterocycles. The Morgan fingerprint density at radius 2 is 2.04 bits per heavy atom. The first-order valence-electron chi connectivity index (χ1n) is 8.76. The van der Waals surface area contributed by atoms with Crippen LogP contribution in [0.4, 0.5) is 19.0 Å². The lowest BCUT2D eigenvalue weighted by atomic mass is 10.2. The Morgan fingerprint density at radius 3 is 2.74 bits per heavy atom. The molecule has 0 bridgehead atoms. The van der Waals surface area contributed by atoms with Gasteiger partial charge in [0, 0.05) is 51.3 Å². The van der Waals surface area contributed by atoms with Gasteiger partial charge in [0.25, 0.3) is 0 Å². The third kappa shape index (κ3) is 7.16. The summed E-state index contributed by atoms with van der Waals surface area (Å²) in [6.45, 7) is 4.70. The Morgan fingerprint density at radius 1 is 1.19 bits per heavy atom. The summed E-state index contributed by atoms with van der Waals surface area (Å²) < 4.78 is 40.6. The number of rotatable bonds is 9. The summed E-state index contributed by atoms with van der Waals surface area (Å²) in [5.41, 5.74) is -0.774. The van der Waals surface area contributed by atoms with Crippen LogP contribution in [0.25, 0.3) is 0 Å². The van der Waals surface area contributed by atoms with E-state index < -0.39 is 11.7 Å². The normalized spacial score (nSPS) is 12.1. The van der Waals surface area contributed by atoms with E-state index in [1.54, 1.807) is 6.20 Å². The molecule has 2 aromatic heterocycles. The summed E-state index contributed by atoms with van der Waals surface area (Å²) in [7, 11) is 0. The van der Waals surface area contributed by atoms with Crippen molar-refractivity contribution >= 4 is 11.8 Å². The zero-order valence-corrected chi connectivity index (χ0v) is 15.1. The zero-order valence-electron chi connectivity index (χ0n) is 15.1. The number of hydrogen-bond acceptors (Lipinski definition) is 4. The predicted octanol–water partition coefficient (Wildman–Crippen LogP) is 2.35. The van der Waals surface area contributed by atoms with Gasteiger partial charge in [0.15, 0.2) is 5.96 Å². The molecule has 7 nitrogen and oxygen atoms in total. The lowest BCUT2D eigenvalue weighted by Crippen LogP contribution is -2.39. The molecule has 0 aliphatic rings. The van der Waals surface area contributed by atoms with Crippen LogP contribution < -0.4 is 16.0 Å². The van der Waals surface area contributed by atoms with Gasteiger partial charge in [-0.1, -0.05) is 0 Å². The van der Waals surface area contributed by atoms with Crippen LogP contribution in [-0.4, -0.2) is 46.9 Å². The van der Waals surface area contributed by atoms with Crippen molar-refractivity contribution in [1.82, 2.24) is 25.4 Å². The third-order valence-corrected chi connectivity index (χ3v) is 3.54. The summed E-state index contributed by atoms with van der Waals surface area (Å²) in [5.74, 6) is 0.449. The number of hydrogen-bond donors (Lipinski definition) is 3. The first-order chi connectivity index (χ1) is 13.0. The lowest BCUT2D eigenvalue weighted by molar-refractivity contribution is -0.137. The fourth-order valence-corrected chi connectivity index (χ4v) is 2.33. The number of nitrogens with one attached hydrogen (secondary N) is 3. The van der Waals surface area contributed by atoms with E-state index in [4.69, 9.17) is 0 Å². The molecule has 0 amide bonds. The van der Waals surface area contributed by atoms with E-state index in [2.05, 4.69) is 31.0 Å². The van der Waals surface area contributed by atoms with Crippen LogP contribution >= 0.6 is 0 Å². The third-order valence-electron chi connectivity index (χ3n) is 3.54. The number of nitrogens with zero attached hydrogens (tertiary/aromatic N) is 4. The molecular formula is C17H24F3N7. The van der Waals surface area contributed by atoms with E-state index in [1.165, 1.54) is 12.3 Å². The molecule has 2 aromatic rings. The molecule has 2 heterocycles. The van der Waals surface area contributed by atoms with Gasteiger partial charge in [-0.05, 0) is 31.5 Å². The van der Waals surface area contributed by atoms with E-state index in [9.17, 15) is 13.2 Å². The molecular weight excluding hydrogens is 359 g/mol. The Labute approximate surface area is 156 Å². The predicted molar refractivity (Wildman–Crippen MR) is 98.6 cm³/mol. The van der Waals surface area contributed by atoms with Gasteiger partial charge < -0.3 is 16.0 Å². The zero-order chi connectivity index (χ0) is 19.5. The van der Waals surface area contributed by atoms with Gasteiger partial charge in [0.1, 0.15) is 5.82 Å². The molecule has 10 heteroatoms. The second-order valence-corrected chi connectivity index (χ2v) is 5.63. The minimum Gasteiger partial charge on any atom is -0.368 e. The van der Waals surface area contributed by atoms with Gasteiger partial charge in [0.05, 0.1) is 5.56 Å². The molecule has 0 aliphatic carbocycles. The van der Waals surface area contributed by atoms with E-state index in [0.29, 0.717) is 25.6 Å². The minimum absolute atomic E-state index is 0.173. The number of aliphatic imine (C=N–C) groups is 1. The van der Waals surface area contributed by atoms with Gasteiger partial charge in [0.2, 0.25) is 0 Å². The molecule has 0 spiro atoms. The molecule has 148 valence electrons. The van der Waals surface area contributed by atoms with Crippen LogP contribution in [0.15, 0.2) is 41.8 Å². The van der Waals surface area contributed by atoms with Crippen molar-refractivity contribution < 1.29 is 13.2 Å². The number of alkyl halides is 3. The van der Waals surface area contributed by atoms with Crippen LogP contribution in [0.5, 0.6) is 0 Å². The highest BCUT2D eigenvalue weighted by atomic mass is 19.4. The molecule has 27 heavy (non-hydrogen) atoms. The highest BCUT2D eigenvalue weighted by molar-refractivity contribution is 5.79. The van der Waals surface area contributed by atoms with Gasteiger partial charge >= 0.3 is 6.18 Å². The van der Waals surface area contributed by atoms with E-state index in [-0.39, 0.29) is 12.4 Å². The van der Waals surface area contributed by atoms with Crippen molar-refractivity contribution in [2.45, 2.75) is 26.1 Å². The number of guanidine groups is 1. The smallest absolute Gasteiger partial charge is 0.368 e. The van der Waals surface area contributed by atoms with Gasteiger partial charge in [-0.2, -0.15) is 18.3 Å². The fraction of sp³-hybridized carbons (Fsp3) is 0.471. The maximum atomic E-state index is 12.9. The van der Waals surface area contributed by atoms with E-state index >= 15 is 0 Å². The molecule has 3 N–H and O–H groups in total. The SMILES string of the molecule is CCNC(=NCCCn1cccn1)NCCNc1ncccc1C(F)(F)F. The lowest BCUT2D eigenvalue weighted by Gasteiger charge is -2.14. The number of halogens is 3. The Kier molecular flexibility index (Phi) is 7.90. The fourth-order valence-electron chi connectivity index (χ4n) is 2.33. The van der Waals surface area contributed by atoms with Crippen LogP contribution in [0.3, 0.4) is 0 Å². The Balaban J connectivity index is 1.76. The van der Waals surface area contributed by atoms with Crippen molar-refractivity contribution in [3.63, 3.8) is 0 Å². The van der Waals surface area contributed by atoms with E-state index in [0.717, 1.165) is 19.0 Å². The maximum absolute atomic E-state index is 12.9. The molecule has 0 atom stereocenters. The highest BCUT2D eigenvalue weighted by Gasteiger charge is 2.33.